The number of aliphatic carboxylic acids is 1. The molecule has 0 heterocycles. The second-order valence-electron chi connectivity index (χ2n) is 5.24. The van der Waals surface area contributed by atoms with Crippen LogP contribution in [0.1, 0.15) is 48.5 Å². The summed E-state index contributed by atoms with van der Waals surface area (Å²) in [6.07, 6.45) is 0. The summed E-state index contributed by atoms with van der Waals surface area (Å²) in [5.74, 6) is -0.833. The van der Waals surface area contributed by atoms with Crippen LogP contribution >= 0.6 is 12.4 Å². The Kier molecular flexibility index (Phi) is 18.1. The number of carboxylic acids is 1. The molecule has 0 aromatic rings. The van der Waals surface area contributed by atoms with Crippen LogP contribution in [0.15, 0.2) is 0 Å². The Morgan fingerprint density at radius 1 is 0.882 bits per heavy atom. The van der Waals surface area contributed by atoms with Crippen molar-refractivity contribution in [3.63, 3.8) is 0 Å². The van der Waals surface area contributed by atoms with Crippen LogP contribution in [0.3, 0.4) is 0 Å². The summed E-state index contributed by atoms with van der Waals surface area (Å²) in [5, 5.41) is 23.7. The van der Waals surface area contributed by atoms with Gasteiger partial charge in [0.2, 0.25) is 0 Å². The van der Waals surface area contributed by atoms with Gasteiger partial charge in [0.05, 0.1) is 0 Å². The van der Waals surface area contributed by atoms with Gasteiger partial charge in [0.15, 0.2) is 0 Å². The quantitative estimate of drug-likeness (QED) is 0.433. The minimum Gasteiger partial charge on any atom is -0.481 e. The Morgan fingerprint density at radius 3 is 0.941 bits per heavy atom. The van der Waals surface area contributed by atoms with Crippen LogP contribution in [-0.4, -0.2) is 32.6 Å². The van der Waals surface area contributed by atoms with Crippen molar-refractivity contribution in [3.8, 4) is 0 Å². The average molecular weight is 275 g/mol. The molecule has 0 saturated heterocycles. The van der Waals surface area contributed by atoms with Gasteiger partial charge in [-0.3, -0.25) is 4.79 Å². The zero-order chi connectivity index (χ0) is 14.0. The first kappa shape index (κ1) is 25.4. The highest BCUT2D eigenvalue weighted by Gasteiger charge is 2.04. The van der Waals surface area contributed by atoms with Gasteiger partial charge >= 0.3 is 0 Å². The molecular weight excluding hydrogens is 248 g/mol. The summed E-state index contributed by atoms with van der Waals surface area (Å²) in [5.41, 5.74) is 3.90. The van der Waals surface area contributed by atoms with Crippen molar-refractivity contribution in [2.24, 2.45) is 0 Å². The van der Waals surface area contributed by atoms with Crippen molar-refractivity contribution in [2.75, 3.05) is 0 Å². The summed E-state index contributed by atoms with van der Waals surface area (Å²) >= 11 is 0. The number of halogens is 1. The second kappa shape index (κ2) is 12.1. The van der Waals surface area contributed by atoms with Gasteiger partial charge in [-0.1, -0.05) is 0 Å². The third kappa shape index (κ3) is 92.0. The number of hydrogen-bond donors (Lipinski definition) is 5. The summed E-state index contributed by atoms with van der Waals surface area (Å²) in [6, 6.07) is 0. The van der Waals surface area contributed by atoms with Crippen molar-refractivity contribution in [2.45, 2.75) is 59.5 Å². The molecule has 7 heteroatoms. The molecule has 0 fully saturated rings. The van der Waals surface area contributed by atoms with E-state index in [1.807, 2.05) is 41.5 Å². The van der Waals surface area contributed by atoms with Gasteiger partial charge in [0.1, 0.15) is 0 Å². The van der Waals surface area contributed by atoms with Crippen molar-refractivity contribution in [1.82, 2.24) is 11.0 Å². The smallest absolute Gasteiger partial charge is 0.300 e. The molecule has 0 radical (unpaired) electrons. The lowest BCUT2D eigenvalue weighted by molar-refractivity contribution is -0.134. The molecule has 0 aliphatic carbocycles. The molecule has 6 nitrogen and oxygen atoms in total. The fourth-order valence-electron chi connectivity index (χ4n) is 0. The molecule has 0 unspecified atom stereocenters. The van der Waals surface area contributed by atoms with Gasteiger partial charge < -0.3 is 15.5 Å². The third-order valence-corrected chi connectivity index (χ3v) is 0.671. The Bertz CT molecular complexity index is 158. The van der Waals surface area contributed by atoms with Crippen molar-refractivity contribution in [1.29, 1.82) is 0 Å². The van der Waals surface area contributed by atoms with E-state index < -0.39 is 5.97 Å². The summed E-state index contributed by atoms with van der Waals surface area (Å²) in [6.45, 7) is 12.4. The molecule has 0 bridgehead atoms. The van der Waals surface area contributed by atoms with Crippen molar-refractivity contribution >= 4 is 18.4 Å². The summed E-state index contributed by atoms with van der Waals surface area (Å²) in [4.78, 5) is 9.00. The van der Waals surface area contributed by atoms with Gasteiger partial charge in [-0.05, 0) is 41.5 Å². The Morgan fingerprint density at radius 2 is 0.941 bits per heavy atom. The summed E-state index contributed by atoms with van der Waals surface area (Å²) < 4.78 is 0. The first-order valence-corrected chi connectivity index (χ1v) is 4.87. The van der Waals surface area contributed by atoms with E-state index in [-0.39, 0.29) is 23.5 Å². The molecule has 0 rings (SSSR count). The normalized spacial score (nSPS) is 9.94. The highest BCUT2D eigenvalue weighted by molar-refractivity contribution is 5.85. The molecule has 0 atom stereocenters. The monoisotopic (exact) mass is 274 g/mol. The van der Waals surface area contributed by atoms with Crippen LogP contribution in [-0.2, 0) is 4.79 Å². The van der Waals surface area contributed by atoms with Crippen LogP contribution < -0.4 is 11.0 Å². The molecule has 0 aromatic carbocycles. The predicted molar refractivity (Wildman–Crippen MR) is 69.9 cm³/mol. The maximum atomic E-state index is 9.00. The van der Waals surface area contributed by atoms with Crippen LogP contribution in [0.4, 0.5) is 0 Å². The Balaban J connectivity index is -0.0000000741. The third-order valence-electron chi connectivity index (χ3n) is 0.671. The lowest BCUT2D eigenvalue weighted by Crippen LogP contribution is -2.32. The molecule has 0 amide bonds. The number of hydroxylamine groups is 2. The molecular formula is C10H27ClN2O4. The lowest BCUT2D eigenvalue weighted by atomic mass is 10.1. The average Bonchev–Trinajstić information content (AvgIpc) is 2.02. The van der Waals surface area contributed by atoms with Gasteiger partial charge in [-0.25, -0.2) is 11.0 Å². The number of carboxylic acid groups (broad SMARTS) is 1. The Hall–Kier alpha value is -0.400. The first-order valence-electron chi connectivity index (χ1n) is 4.87. The number of hydrogen-bond acceptors (Lipinski definition) is 5. The van der Waals surface area contributed by atoms with E-state index in [0.717, 1.165) is 6.92 Å². The lowest BCUT2D eigenvalue weighted by Gasteiger charge is -2.13. The maximum absolute atomic E-state index is 9.00. The zero-order valence-corrected chi connectivity index (χ0v) is 12.5. The van der Waals surface area contributed by atoms with E-state index in [0.29, 0.717) is 0 Å². The van der Waals surface area contributed by atoms with Gasteiger partial charge in [0, 0.05) is 18.0 Å². The van der Waals surface area contributed by atoms with Gasteiger partial charge in [-0.15, -0.1) is 12.4 Å². The van der Waals surface area contributed by atoms with E-state index in [9.17, 15) is 0 Å². The van der Waals surface area contributed by atoms with Gasteiger partial charge in [-0.2, -0.15) is 0 Å². The molecule has 0 aromatic heterocycles. The van der Waals surface area contributed by atoms with Crippen molar-refractivity contribution < 1.29 is 20.3 Å². The molecule has 0 aliphatic heterocycles. The highest BCUT2D eigenvalue weighted by Crippen LogP contribution is 1.94. The topological polar surface area (TPSA) is 102 Å². The molecule has 5 N–H and O–H groups in total. The summed E-state index contributed by atoms with van der Waals surface area (Å²) in [7, 11) is 0. The first-order chi connectivity index (χ1) is 6.85. The molecule has 0 aliphatic rings. The van der Waals surface area contributed by atoms with Crippen LogP contribution in [0.5, 0.6) is 0 Å². The molecule has 108 valence electrons. The fourth-order valence-corrected chi connectivity index (χ4v) is 0. The van der Waals surface area contributed by atoms with E-state index in [1.165, 1.54) is 0 Å². The minimum absolute atomic E-state index is 0. The van der Waals surface area contributed by atoms with E-state index in [2.05, 4.69) is 11.0 Å². The van der Waals surface area contributed by atoms with Crippen LogP contribution in [0, 0.1) is 0 Å². The maximum Gasteiger partial charge on any atom is 0.300 e. The van der Waals surface area contributed by atoms with E-state index >= 15 is 0 Å². The number of rotatable bonds is 0. The number of nitrogens with one attached hydrogen (secondary N) is 2. The number of carbonyl (C=O) groups is 1. The Labute approximate surface area is 110 Å². The second-order valence-corrected chi connectivity index (χ2v) is 5.24. The highest BCUT2D eigenvalue weighted by atomic mass is 35.5. The molecule has 0 spiro atoms. The molecule has 0 saturated carbocycles. The predicted octanol–water partition coefficient (Wildman–Crippen LogP) is 2.04. The van der Waals surface area contributed by atoms with Crippen molar-refractivity contribution in [3.05, 3.63) is 0 Å². The fraction of sp³-hybridized carbons (Fsp3) is 0.900. The van der Waals surface area contributed by atoms with E-state index in [4.69, 9.17) is 20.3 Å². The van der Waals surface area contributed by atoms with E-state index in [1.54, 1.807) is 0 Å². The minimum atomic E-state index is -0.833. The van der Waals surface area contributed by atoms with Gasteiger partial charge in [0.25, 0.3) is 5.97 Å². The zero-order valence-electron chi connectivity index (χ0n) is 11.7. The SMILES string of the molecule is CC(=O)O.CC(C)(C)NO.CC(C)(C)NO.Cl. The van der Waals surface area contributed by atoms with Crippen LogP contribution in [0.25, 0.3) is 0 Å². The molecule has 17 heavy (non-hydrogen) atoms. The standard InChI is InChI=1S/2C4H11NO.C2H4O2.ClH/c2*1-4(2,3)5-6;1-2(3)4;/h2*5-6H,1-3H3;1H3,(H,3,4);1H. The largest absolute Gasteiger partial charge is 0.481 e. The van der Waals surface area contributed by atoms with Crippen LogP contribution in [0.2, 0.25) is 0 Å².